The Hall–Kier alpha value is -2.40. The van der Waals surface area contributed by atoms with Crippen LogP contribution >= 0.6 is 0 Å². The summed E-state index contributed by atoms with van der Waals surface area (Å²) in [4.78, 5) is 15.0. The Morgan fingerprint density at radius 3 is 2.81 bits per heavy atom. The lowest BCUT2D eigenvalue weighted by atomic mass is 9.81. The maximum absolute atomic E-state index is 4.56. The lowest BCUT2D eigenvalue weighted by Crippen LogP contribution is -2.59. The fraction of sp³-hybridized carbons (Fsp3) is 0.429. The van der Waals surface area contributed by atoms with Crippen LogP contribution < -0.4 is 10.2 Å². The van der Waals surface area contributed by atoms with Gasteiger partial charge in [-0.15, -0.1) is 0 Å². The number of rotatable bonds is 2. The molecule has 5 nitrogen and oxygen atoms in total. The number of nitrogens with one attached hydrogen (secondary N) is 2. The van der Waals surface area contributed by atoms with Crippen LogP contribution in [0.15, 0.2) is 42.9 Å². The van der Waals surface area contributed by atoms with E-state index in [0.29, 0.717) is 0 Å². The van der Waals surface area contributed by atoms with E-state index in [0.717, 1.165) is 36.5 Å². The van der Waals surface area contributed by atoms with E-state index < -0.39 is 0 Å². The summed E-state index contributed by atoms with van der Waals surface area (Å²) in [6.07, 6.45) is 12.3. The van der Waals surface area contributed by atoms with E-state index in [4.69, 9.17) is 0 Å². The van der Waals surface area contributed by atoms with Crippen LogP contribution in [0.3, 0.4) is 0 Å². The molecule has 5 heteroatoms. The maximum Gasteiger partial charge on any atom is 0.140 e. The lowest BCUT2D eigenvalue weighted by molar-refractivity contribution is 0.216. The standard InChI is InChI=1S/C21H25N5/c1-3-10-22-17(6-1)16-14-24-20-19(16)18(7-12-23-20)26-13-5-9-21(15-26)8-2-4-11-25-21/h1,3,6-7,10,12,14,25H,2,4-5,8-9,11,13,15H2,(H,23,24). The topological polar surface area (TPSA) is 56.8 Å². The normalized spacial score (nSPS) is 23.6. The van der Waals surface area contributed by atoms with Gasteiger partial charge in [-0.3, -0.25) is 4.98 Å². The molecule has 0 bridgehead atoms. The molecule has 0 radical (unpaired) electrons. The van der Waals surface area contributed by atoms with Gasteiger partial charge in [0.05, 0.1) is 16.8 Å². The van der Waals surface area contributed by atoms with E-state index in [9.17, 15) is 0 Å². The number of piperidine rings is 2. The van der Waals surface area contributed by atoms with E-state index in [1.54, 1.807) is 0 Å². The van der Waals surface area contributed by atoms with Crippen molar-refractivity contribution in [3.8, 4) is 11.3 Å². The molecule has 0 amide bonds. The van der Waals surface area contributed by atoms with Gasteiger partial charge in [-0.25, -0.2) is 4.98 Å². The van der Waals surface area contributed by atoms with Crippen LogP contribution in [0.2, 0.25) is 0 Å². The number of pyridine rings is 2. The van der Waals surface area contributed by atoms with Gasteiger partial charge in [-0.05, 0) is 50.4 Å². The zero-order chi connectivity index (χ0) is 17.4. The first-order valence-corrected chi connectivity index (χ1v) is 9.72. The molecule has 2 N–H and O–H groups in total. The Morgan fingerprint density at radius 1 is 1.00 bits per heavy atom. The zero-order valence-corrected chi connectivity index (χ0v) is 15.0. The van der Waals surface area contributed by atoms with E-state index >= 15 is 0 Å². The number of H-pyrrole nitrogens is 1. The highest BCUT2D eigenvalue weighted by atomic mass is 15.2. The quantitative estimate of drug-likeness (QED) is 0.741. The molecule has 3 aromatic heterocycles. The smallest absolute Gasteiger partial charge is 0.140 e. The van der Waals surface area contributed by atoms with Crippen LogP contribution in [-0.4, -0.2) is 40.1 Å². The van der Waals surface area contributed by atoms with Crippen LogP contribution in [0.25, 0.3) is 22.3 Å². The molecule has 26 heavy (non-hydrogen) atoms. The summed E-state index contributed by atoms with van der Waals surface area (Å²) in [5.74, 6) is 0. The summed E-state index contributed by atoms with van der Waals surface area (Å²) in [7, 11) is 0. The molecular formula is C21H25N5. The Kier molecular flexibility index (Phi) is 3.89. The minimum Gasteiger partial charge on any atom is -0.369 e. The SMILES string of the molecule is c1ccc(-c2c[nH]c3nccc(N4CCCC5(CCCCN5)C4)c23)nc1. The van der Waals surface area contributed by atoms with Crippen molar-refractivity contribution in [1.82, 2.24) is 20.3 Å². The van der Waals surface area contributed by atoms with Crippen molar-refractivity contribution in [2.45, 2.75) is 37.6 Å². The Labute approximate surface area is 153 Å². The minimum absolute atomic E-state index is 0.285. The summed E-state index contributed by atoms with van der Waals surface area (Å²) in [6.45, 7) is 3.34. The summed E-state index contributed by atoms with van der Waals surface area (Å²) in [5, 5.41) is 5.04. The summed E-state index contributed by atoms with van der Waals surface area (Å²) in [6, 6.07) is 8.24. The lowest BCUT2D eigenvalue weighted by Gasteiger charge is -2.47. The zero-order valence-electron chi connectivity index (χ0n) is 15.0. The van der Waals surface area contributed by atoms with Gasteiger partial charge < -0.3 is 15.2 Å². The Balaban J connectivity index is 1.57. The van der Waals surface area contributed by atoms with Gasteiger partial charge in [-0.1, -0.05) is 12.5 Å². The number of aromatic nitrogens is 3. The van der Waals surface area contributed by atoms with Gasteiger partial charge in [0, 0.05) is 42.8 Å². The van der Waals surface area contributed by atoms with Gasteiger partial charge >= 0.3 is 0 Å². The molecule has 134 valence electrons. The second-order valence-corrected chi connectivity index (χ2v) is 7.66. The van der Waals surface area contributed by atoms with Crippen molar-refractivity contribution in [2.75, 3.05) is 24.5 Å². The molecular weight excluding hydrogens is 322 g/mol. The largest absolute Gasteiger partial charge is 0.369 e. The predicted molar refractivity (Wildman–Crippen MR) is 105 cm³/mol. The van der Waals surface area contributed by atoms with E-state index in [1.807, 2.05) is 30.7 Å². The van der Waals surface area contributed by atoms with Crippen LogP contribution in [0, 0.1) is 0 Å². The van der Waals surface area contributed by atoms with Crippen molar-refractivity contribution in [2.24, 2.45) is 0 Å². The molecule has 1 atom stereocenters. The first kappa shape index (κ1) is 15.8. The fourth-order valence-electron chi connectivity index (χ4n) is 4.74. The summed E-state index contributed by atoms with van der Waals surface area (Å²) < 4.78 is 0. The average Bonchev–Trinajstić information content (AvgIpc) is 3.14. The number of aromatic amines is 1. The number of nitrogens with zero attached hydrogens (tertiary/aromatic N) is 3. The highest BCUT2D eigenvalue weighted by Crippen LogP contribution is 2.38. The maximum atomic E-state index is 4.56. The van der Waals surface area contributed by atoms with Crippen molar-refractivity contribution < 1.29 is 0 Å². The predicted octanol–water partition coefficient (Wildman–Crippen LogP) is 3.74. The van der Waals surface area contributed by atoms with Gasteiger partial charge in [0.25, 0.3) is 0 Å². The third kappa shape index (κ3) is 2.67. The minimum atomic E-state index is 0.285. The first-order valence-electron chi connectivity index (χ1n) is 9.72. The third-order valence-corrected chi connectivity index (χ3v) is 5.99. The summed E-state index contributed by atoms with van der Waals surface area (Å²) in [5.41, 5.74) is 4.64. The second-order valence-electron chi connectivity index (χ2n) is 7.66. The molecule has 1 unspecified atom stereocenters. The van der Waals surface area contributed by atoms with Gasteiger partial charge in [0.2, 0.25) is 0 Å². The van der Waals surface area contributed by atoms with Crippen molar-refractivity contribution in [3.05, 3.63) is 42.9 Å². The third-order valence-electron chi connectivity index (χ3n) is 5.99. The molecule has 5 rings (SSSR count). The number of hydrogen-bond acceptors (Lipinski definition) is 4. The van der Waals surface area contributed by atoms with Gasteiger partial charge in [0.1, 0.15) is 5.65 Å². The molecule has 1 spiro atoms. The van der Waals surface area contributed by atoms with Gasteiger partial charge in [0.15, 0.2) is 0 Å². The molecule has 2 aliphatic heterocycles. The Bertz CT molecular complexity index is 890. The monoisotopic (exact) mass is 347 g/mol. The van der Waals surface area contributed by atoms with E-state index in [2.05, 4.69) is 37.3 Å². The van der Waals surface area contributed by atoms with Crippen LogP contribution in [0.1, 0.15) is 32.1 Å². The van der Waals surface area contributed by atoms with Crippen molar-refractivity contribution >= 4 is 16.7 Å². The van der Waals surface area contributed by atoms with Crippen molar-refractivity contribution in [3.63, 3.8) is 0 Å². The molecule has 0 aliphatic carbocycles. The number of anilines is 1. The molecule has 3 aromatic rings. The number of fused-ring (bicyclic) bond motifs is 1. The second kappa shape index (κ2) is 6.40. The van der Waals surface area contributed by atoms with Crippen LogP contribution in [-0.2, 0) is 0 Å². The van der Waals surface area contributed by atoms with Gasteiger partial charge in [-0.2, -0.15) is 0 Å². The molecule has 2 fully saturated rings. The number of hydrogen-bond donors (Lipinski definition) is 2. The van der Waals surface area contributed by atoms with E-state index in [1.165, 1.54) is 43.2 Å². The Morgan fingerprint density at radius 2 is 1.96 bits per heavy atom. The van der Waals surface area contributed by atoms with Crippen molar-refractivity contribution in [1.29, 1.82) is 0 Å². The van der Waals surface area contributed by atoms with E-state index in [-0.39, 0.29) is 5.54 Å². The van der Waals surface area contributed by atoms with Crippen LogP contribution in [0.5, 0.6) is 0 Å². The molecule has 0 saturated carbocycles. The molecule has 0 aromatic carbocycles. The molecule has 2 aliphatic rings. The highest BCUT2D eigenvalue weighted by Gasteiger charge is 2.36. The molecule has 5 heterocycles. The van der Waals surface area contributed by atoms with Crippen LogP contribution in [0.4, 0.5) is 5.69 Å². The average molecular weight is 347 g/mol. The molecule has 2 saturated heterocycles. The highest BCUT2D eigenvalue weighted by molar-refractivity contribution is 6.01. The first-order chi connectivity index (χ1) is 12.8. The fourth-order valence-corrected chi connectivity index (χ4v) is 4.74. The summed E-state index contributed by atoms with van der Waals surface area (Å²) >= 11 is 0.